The van der Waals surface area contributed by atoms with Crippen LogP contribution in [-0.2, 0) is 0 Å². The van der Waals surface area contributed by atoms with Gasteiger partial charge in [0.25, 0.3) is 0 Å². The van der Waals surface area contributed by atoms with Crippen molar-refractivity contribution < 1.29 is 9.32 Å². The van der Waals surface area contributed by atoms with Crippen molar-refractivity contribution in [1.82, 2.24) is 20.4 Å². The number of nitrogens with one attached hydrogen (secondary N) is 1. The van der Waals surface area contributed by atoms with Crippen molar-refractivity contribution in [3.05, 3.63) is 30.4 Å². The minimum absolute atomic E-state index is 0.0127. The average molecular weight is 258 g/mol. The van der Waals surface area contributed by atoms with Gasteiger partial charge in [0, 0.05) is 24.0 Å². The van der Waals surface area contributed by atoms with E-state index < -0.39 is 0 Å². The highest BCUT2D eigenvalue weighted by Gasteiger charge is 2.22. The summed E-state index contributed by atoms with van der Waals surface area (Å²) >= 11 is 0. The van der Waals surface area contributed by atoms with Gasteiger partial charge in [-0.15, -0.1) is 0 Å². The van der Waals surface area contributed by atoms with Gasteiger partial charge in [-0.05, 0) is 25.0 Å². The van der Waals surface area contributed by atoms with Crippen molar-refractivity contribution in [3.63, 3.8) is 0 Å². The van der Waals surface area contributed by atoms with Crippen LogP contribution in [0.4, 0.5) is 0 Å². The predicted molar refractivity (Wildman–Crippen MR) is 67.3 cm³/mol. The van der Waals surface area contributed by atoms with Crippen LogP contribution in [0, 0.1) is 0 Å². The van der Waals surface area contributed by atoms with Crippen LogP contribution in [0.2, 0.25) is 0 Å². The summed E-state index contributed by atoms with van der Waals surface area (Å²) in [5.74, 6) is 0.123. The average Bonchev–Trinajstić information content (AvgIpc) is 3.10. The molecule has 98 valence electrons. The molecule has 6 heteroatoms. The first-order chi connectivity index (χ1) is 9.33. The molecule has 0 saturated heterocycles. The maximum absolute atomic E-state index is 11.9. The molecule has 0 spiro atoms. The van der Waals surface area contributed by atoms with E-state index in [0.717, 1.165) is 31.2 Å². The van der Waals surface area contributed by atoms with E-state index in [1.165, 1.54) is 0 Å². The largest absolute Gasteiger partial charge is 0.345 e. The van der Waals surface area contributed by atoms with Crippen LogP contribution in [0.5, 0.6) is 0 Å². The highest BCUT2D eigenvalue weighted by molar-refractivity contribution is 5.90. The Kier molecular flexibility index (Phi) is 3.22. The molecule has 2 aromatic rings. The molecule has 19 heavy (non-hydrogen) atoms. The highest BCUT2D eigenvalue weighted by atomic mass is 16.5. The molecule has 2 aromatic heterocycles. The predicted octanol–water partition coefficient (Wildman–Crippen LogP) is 1.80. The molecule has 1 fully saturated rings. The molecule has 1 amide bonds. The summed E-state index contributed by atoms with van der Waals surface area (Å²) < 4.78 is 5.00. The van der Waals surface area contributed by atoms with E-state index in [1.54, 1.807) is 24.5 Å². The normalized spacial score (nSPS) is 15.6. The summed E-state index contributed by atoms with van der Waals surface area (Å²) in [5.41, 5.74) is 0.777. The van der Waals surface area contributed by atoms with Crippen LogP contribution in [0.15, 0.2) is 29.0 Å². The van der Waals surface area contributed by atoms with Gasteiger partial charge in [0.05, 0.1) is 0 Å². The van der Waals surface area contributed by atoms with Crippen molar-refractivity contribution in [1.29, 1.82) is 0 Å². The van der Waals surface area contributed by atoms with Crippen LogP contribution in [0.1, 0.15) is 36.4 Å². The molecule has 2 heterocycles. The van der Waals surface area contributed by atoms with Crippen molar-refractivity contribution in [3.8, 4) is 11.4 Å². The third-order valence-electron chi connectivity index (χ3n) is 3.25. The van der Waals surface area contributed by atoms with Gasteiger partial charge in [-0.2, -0.15) is 4.98 Å². The lowest BCUT2D eigenvalue weighted by Crippen LogP contribution is -2.32. The lowest BCUT2D eigenvalue weighted by molar-refractivity contribution is 0.0893. The number of nitrogens with zero attached hydrogens (tertiary/aromatic N) is 3. The Morgan fingerprint density at radius 2 is 2.00 bits per heavy atom. The van der Waals surface area contributed by atoms with Gasteiger partial charge in [-0.3, -0.25) is 9.78 Å². The Hall–Kier alpha value is -2.24. The topological polar surface area (TPSA) is 80.9 Å². The molecule has 1 saturated carbocycles. The van der Waals surface area contributed by atoms with Gasteiger partial charge >= 0.3 is 11.8 Å². The Morgan fingerprint density at radius 3 is 2.74 bits per heavy atom. The molecule has 3 rings (SSSR count). The molecule has 0 aromatic carbocycles. The monoisotopic (exact) mass is 258 g/mol. The van der Waals surface area contributed by atoms with Crippen LogP contribution < -0.4 is 5.32 Å². The Morgan fingerprint density at radius 1 is 1.26 bits per heavy atom. The summed E-state index contributed by atoms with van der Waals surface area (Å²) in [4.78, 5) is 19.9. The number of carbonyl (C=O) groups is 1. The standard InChI is InChI=1S/C13H14N4O2/c18-12(15-10-3-1-2-4-10)13-16-11(17-19-13)9-5-7-14-8-6-9/h5-8,10H,1-4H2,(H,15,18). The molecule has 0 atom stereocenters. The van der Waals surface area contributed by atoms with E-state index in [0.29, 0.717) is 5.82 Å². The Bertz CT molecular complexity index is 561. The summed E-state index contributed by atoms with van der Waals surface area (Å²) in [6.07, 6.45) is 7.66. The van der Waals surface area contributed by atoms with E-state index in [-0.39, 0.29) is 17.8 Å². The van der Waals surface area contributed by atoms with Gasteiger partial charge < -0.3 is 9.84 Å². The number of aromatic nitrogens is 3. The summed E-state index contributed by atoms with van der Waals surface area (Å²) in [5, 5.41) is 6.72. The zero-order chi connectivity index (χ0) is 13.1. The molecule has 0 bridgehead atoms. The van der Waals surface area contributed by atoms with E-state index in [2.05, 4.69) is 20.4 Å². The first-order valence-corrected chi connectivity index (χ1v) is 6.38. The third kappa shape index (κ3) is 2.62. The van der Waals surface area contributed by atoms with Gasteiger partial charge in [-0.25, -0.2) is 0 Å². The molecule has 1 N–H and O–H groups in total. The molecule has 0 unspecified atom stereocenters. The van der Waals surface area contributed by atoms with Crippen molar-refractivity contribution in [2.24, 2.45) is 0 Å². The third-order valence-corrected chi connectivity index (χ3v) is 3.25. The minimum Gasteiger partial charge on any atom is -0.345 e. The zero-order valence-corrected chi connectivity index (χ0v) is 10.4. The number of pyridine rings is 1. The van der Waals surface area contributed by atoms with Crippen molar-refractivity contribution in [2.75, 3.05) is 0 Å². The molecular formula is C13H14N4O2. The van der Waals surface area contributed by atoms with Crippen molar-refractivity contribution in [2.45, 2.75) is 31.7 Å². The molecule has 0 radical (unpaired) electrons. The quantitative estimate of drug-likeness (QED) is 0.907. The number of hydrogen-bond donors (Lipinski definition) is 1. The molecule has 0 aliphatic heterocycles. The lowest BCUT2D eigenvalue weighted by atomic mass is 10.2. The number of rotatable bonds is 3. The first-order valence-electron chi connectivity index (χ1n) is 6.38. The van der Waals surface area contributed by atoms with E-state index >= 15 is 0 Å². The second-order valence-electron chi connectivity index (χ2n) is 4.61. The van der Waals surface area contributed by atoms with Crippen LogP contribution >= 0.6 is 0 Å². The summed E-state index contributed by atoms with van der Waals surface area (Å²) in [6, 6.07) is 3.77. The fraction of sp³-hybridized carbons (Fsp3) is 0.385. The maximum Gasteiger partial charge on any atom is 0.316 e. The van der Waals surface area contributed by atoms with E-state index in [4.69, 9.17) is 4.52 Å². The molecular weight excluding hydrogens is 244 g/mol. The Balaban J connectivity index is 1.72. The lowest BCUT2D eigenvalue weighted by Gasteiger charge is -2.08. The van der Waals surface area contributed by atoms with Crippen LogP contribution in [0.3, 0.4) is 0 Å². The SMILES string of the molecule is O=C(NC1CCCC1)c1nc(-c2ccncc2)no1. The fourth-order valence-corrected chi connectivity index (χ4v) is 2.25. The molecule has 6 nitrogen and oxygen atoms in total. The van der Waals surface area contributed by atoms with Crippen molar-refractivity contribution >= 4 is 5.91 Å². The van der Waals surface area contributed by atoms with Crippen LogP contribution in [-0.4, -0.2) is 27.1 Å². The van der Waals surface area contributed by atoms with E-state index in [9.17, 15) is 4.79 Å². The fourth-order valence-electron chi connectivity index (χ4n) is 2.25. The van der Waals surface area contributed by atoms with Gasteiger partial charge in [0.2, 0.25) is 5.82 Å². The maximum atomic E-state index is 11.9. The number of carbonyl (C=O) groups excluding carboxylic acids is 1. The minimum atomic E-state index is -0.292. The van der Waals surface area contributed by atoms with E-state index in [1.807, 2.05) is 0 Å². The number of hydrogen-bond acceptors (Lipinski definition) is 5. The van der Waals surface area contributed by atoms with Gasteiger partial charge in [0.15, 0.2) is 0 Å². The molecule has 1 aliphatic rings. The Labute approximate surface area is 110 Å². The second kappa shape index (κ2) is 5.17. The van der Waals surface area contributed by atoms with Gasteiger partial charge in [0.1, 0.15) is 0 Å². The zero-order valence-electron chi connectivity index (χ0n) is 10.4. The highest BCUT2D eigenvalue weighted by Crippen LogP contribution is 2.18. The molecule has 1 aliphatic carbocycles. The summed E-state index contributed by atoms with van der Waals surface area (Å²) in [6.45, 7) is 0. The number of amides is 1. The van der Waals surface area contributed by atoms with Gasteiger partial charge in [-0.1, -0.05) is 18.0 Å². The smallest absolute Gasteiger partial charge is 0.316 e. The van der Waals surface area contributed by atoms with Crippen LogP contribution in [0.25, 0.3) is 11.4 Å². The summed E-state index contributed by atoms with van der Waals surface area (Å²) in [7, 11) is 0. The second-order valence-corrected chi connectivity index (χ2v) is 4.61. The first kappa shape index (κ1) is 11.8.